The summed E-state index contributed by atoms with van der Waals surface area (Å²) in [6, 6.07) is 16.4. The van der Waals surface area contributed by atoms with E-state index in [0.717, 1.165) is 29.8 Å². The van der Waals surface area contributed by atoms with Crippen LogP contribution in [0, 0.1) is 6.92 Å². The molecule has 10 heteroatoms. The number of rotatable bonds is 7. The maximum absolute atomic E-state index is 12.6. The molecule has 0 aromatic heterocycles. The van der Waals surface area contributed by atoms with Gasteiger partial charge in [-0.05, 0) is 73.2 Å². The molecular formula is C22H19F3N2O4S. The zero-order chi connectivity index (χ0) is 23.4. The number of carbonyl (C=O) groups is 1. The molecular weight excluding hydrogens is 445 g/mol. The number of ether oxygens (including phenoxy) is 1. The molecule has 32 heavy (non-hydrogen) atoms. The van der Waals surface area contributed by atoms with E-state index in [0.29, 0.717) is 5.69 Å². The van der Waals surface area contributed by atoms with E-state index in [4.69, 9.17) is 4.74 Å². The Morgan fingerprint density at radius 3 is 2.19 bits per heavy atom. The molecule has 0 bridgehead atoms. The van der Waals surface area contributed by atoms with Crippen LogP contribution in [0.25, 0.3) is 0 Å². The monoisotopic (exact) mass is 464 g/mol. The average molecular weight is 464 g/mol. The first-order valence-corrected chi connectivity index (χ1v) is 10.8. The van der Waals surface area contributed by atoms with Gasteiger partial charge in [-0.2, -0.15) is 13.2 Å². The van der Waals surface area contributed by atoms with Gasteiger partial charge < -0.3 is 10.1 Å². The van der Waals surface area contributed by atoms with Gasteiger partial charge in [0.2, 0.25) is 0 Å². The standard InChI is InChI=1S/C22H19F3N2O4S/c1-15-3-2-4-18(13-15)27-32(29,30)20-11-9-19(10-12-20)31-14-21(28)26-17-7-5-16(6-8-17)22(23,24)25/h2-13,27H,14H2,1H3,(H,26,28). The zero-order valence-corrected chi connectivity index (χ0v) is 17.6. The van der Waals surface area contributed by atoms with Gasteiger partial charge in [0.1, 0.15) is 5.75 Å². The van der Waals surface area contributed by atoms with E-state index < -0.39 is 34.3 Å². The van der Waals surface area contributed by atoms with Gasteiger partial charge in [-0.15, -0.1) is 0 Å². The van der Waals surface area contributed by atoms with Crippen molar-refractivity contribution in [1.29, 1.82) is 0 Å². The molecule has 0 atom stereocenters. The molecule has 0 fully saturated rings. The molecule has 0 saturated carbocycles. The molecule has 3 aromatic carbocycles. The minimum atomic E-state index is -4.46. The van der Waals surface area contributed by atoms with Crippen molar-refractivity contribution >= 4 is 27.3 Å². The van der Waals surface area contributed by atoms with Crippen LogP contribution >= 0.6 is 0 Å². The third-order valence-corrected chi connectivity index (χ3v) is 5.67. The van der Waals surface area contributed by atoms with E-state index in [2.05, 4.69) is 10.0 Å². The number of sulfonamides is 1. The predicted molar refractivity (Wildman–Crippen MR) is 114 cm³/mol. The van der Waals surface area contributed by atoms with E-state index in [1.165, 1.54) is 24.3 Å². The van der Waals surface area contributed by atoms with Crippen molar-refractivity contribution in [3.8, 4) is 5.75 Å². The first-order valence-electron chi connectivity index (χ1n) is 9.32. The largest absolute Gasteiger partial charge is 0.484 e. The summed E-state index contributed by atoms with van der Waals surface area (Å²) in [5.41, 5.74) is 0.711. The highest BCUT2D eigenvalue weighted by Gasteiger charge is 2.30. The number of nitrogens with one attached hydrogen (secondary N) is 2. The molecule has 6 nitrogen and oxygen atoms in total. The quantitative estimate of drug-likeness (QED) is 0.525. The Bertz CT molecular complexity index is 1190. The molecule has 168 valence electrons. The highest BCUT2D eigenvalue weighted by molar-refractivity contribution is 7.92. The second kappa shape index (κ2) is 9.31. The smallest absolute Gasteiger partial charge is 0.416 e. The number of benzene rings is 3. The van der Waals surface area contributed by atoms with Crippen LogP contribution in [0.2, 0.25) is 0 Å². The van der Waals surface area contributed by atoms with Crippen molar-refractivity contribution < 1.29 is 31.1 Å². The minimum absolute atomic E-state index is 0.0144. The highest BCUT2D eigenvalue weighted by atomic mass is 32.2. The lowest BCUT2D eigenvalue weighted by atomic mass is 10.2. The maximum atomic E-state index is 12.6. The van der Waals surface area contributed by atoms with Crippen molar-refractivity contribution in [2.75, 3.05) is 16.6 Å². The molecule has 3 aromatic rings. The van der Waals surface area contributed by atoms with Crippen LogP contribution < -0.4 is 14.8 Å². The van der Waals surface area contributed by atoms with Crippen LogP contribution in [0.15, 0.2) is 77.7 Å². The van der Waals surface area contributed by atoms with Gasteiger partial charge in [-0.3, -0.25) is 9.52 Å². The Kier molecular flexibility index (Phi) is 6.73. The van der Waals surface area contributed by atoms with Crippen LogP contribution in [-0.2, 0) is 21.0 Å². The van der Waals surface area contributed by atoms with Crippen LogP contribution in [0.4, 0.5) is 24.5 Å². The van der Waals surface area contributed by atoms with E-state index in [9.17, 15) is 26.4 Å². The minimum Gasteiger partial charge on any atom is -0.484 e. The molecule has 0 radical (unpaired) electrons. The first-order chi connectivity index (χ1) is 15.0. The predicted octanol–water partition coefficient (Wildman–Crippen LogP) is 4.83. The SMILES string of the molecule is Cc1cccc(NS(=O)(=O)c2ccc(OCC(=O)Nc3ccc(C(F)(F)F)cc3)cc2)c1. The van der Waals surface area contributed by atoms with Crippen LogP contribution in [0.1, 0.15) is 11.1 Å². The van der Waals surface area contributed by atoms with E-state index in [1.807, 2.05) is 13.0 Å². The first kappa shape index (κ1) is 23.1. The molecule has 1 amide bonds. The zero-order valence-electron chi connectivity index (χ0n) is 16.8. The molecule has 0 heterocycles. The van der Waals surface area contributed by atoms with Crippen molar-refractivity contribution in [3.63, 3.8) is 0 Å². The van der Waals surface area contributed by atoms with Gasteiger partial charge in [-0.25, -0.2) is 8.42 Å². The summed E-state index contributed by atoms with van der Waals surface area (Å²) >= 11 is 0. The van der Waals surface area contributed by atoms with Crippen LogP contribution in [0.5, 0.6) is 5.75 Å². The van der Waals surface area contributed by atoms with Gasteiger partial charge in [0.05, 0.1) is 10.5 Å². The Labute approximate surface area is 183 Å². The van der Waals surface area contributed by atoms with E-state index >= 15 is 0 Å². The molecule has 3 rings (SSSR count). The number of carbonyl (C=O) groups excluding carboxylic acids is 1. The molecule has 2 N–H and O–H groups in total. The topological polar surface area (TPSA) is 84.5 Å². The Balaban J connectivity index is 1.55. The molecule has 0 saturated heterocycles. The molecule has 0 aliphatic carbocycles. The molecule has 0 spiro atoms. The lowest BCUT2D eigenvalue weighted by Gasteiger charge is -2.11. The number of hydrogen-bond acceptors (Lipinski definition) is 4. The van der Waals surface area contributed by atoms with Crippen molar-refractivity contribution in [2.45, 2.75) is 18.0 Å². The highest BCUT2D eigenvalue weighted by Crippen LogP contribution is 2.29. The molecule has 0 aliphatic rings. The van der Waals surface area contributed by atoms with Gasteiger partial charge >= 0.3 is 6.18 Å². The van der Waals surface area contributed by atoms with Crippen molar-refractivity contribution in [3.05, 3.63) is 83.9 Å². The number of amides is 1. The molecule has 0 unspecified atom stereocenters. The maximum Gasteiger partial charge on any atom is 0.416 e. The number of hydrogen-bond donors (Lipinski definition) is 2. The Hall–Kier alpha value is -3.53. The number of anilines is 2. The fourth-order valence-electron chi connectivity index (χ4n) is 2.73. The fourth-order valence-corrected chi connectivity index (χ4v) is 3.78. The summed E-state index contributed by atoms with van der Waals surface area (Å²) in [7, 11) is -3.80. The van der Waals surface area contributed by atoms with Crippen molar-refractivity contribution in [1.82, 2.24) is 0 Å². The number of alkyl halides is 3. The average Bonchev–Trinajstić information content (AvgIpc) is 2.72. The lowest BCUT2D eigenvalue weighted by molar-refractivity contribution is -0.137. The van der Waals surface area contributed by atoms with E-state index in [-0.39, 0.29) is 16.3 Å². The summed E-state index contributed by atoms with van der Waals surface area (Å²) in [6.45, 7) is 1.44. The normalized spacial score (nSPS) is 11.6. The third kappa shape index (κ3) is 6.24. The van der Waals surface area contributed by atoms with Gasteiger partial charge in [0.15, 0.2) is 6.61 Å². The summed E-state index contributed by atoms with van der Waals surface area (Å²) < 4.78 is 70.5. The van der Waals surface area contributed by atoms with Gasteiger partial charge in [0.25, 0.3) is 15.9 Å². The van der Waals surface area contributed by atoms with Gasteiger partial charge in [-0.1, -0.05) is 12.1 Å². The third-order valence-electron chi connectivity index (χ3n) is 4.27. The summed E-state index contributed by atoms with van der Waals surface area (Å²) in [5, 5.41) is 2.42. The van der Waals surface area contributed by atoms with Crippen molar-refractivity contribution in [2.24, 2.45) is 0 Å². The fraction of sp³-hybridized carbons (Fsp3) is 0.136. The Morgan fingerprint density at radius 2 is 1.59 bits per heavy atom. The Morgan fingerprint density at radius 1 is 0.938 bits per heavy atom. The summed E-state index contributed by atoms with van der Waals surface area (Å²) in [5.74, 6) is -0.329. The second-order valence-electron chi connectivity index (χ2n) is 6.86. The number of halogens is 3. The van der Waals surface area contributed by atoms with Gasteiger partial charge in [0, 0.05) is 11.4 Å². The van der Waals surface area contributed by atoms with Crippen LogP contribution in [-0.4, -0.2) is 20.9 Å². The summed E-state index contributed by atoms with van der Waals surface area (Å²) in [6.07, 6.45) is -4.46. The second-order valence-corrected chi connectivity index (χ2v) is 8.54. The van der Waals surface area contributed by atoms with E-state index in [1.54, 1.807) is 18.2 Å². The lowest BCUT2D eigenvalue weighted by Crippen LogP contribution is -2.20. The molecule has 0 aliphatic heterocycles. The summed E-state index contributed by atoms with van der Waals surface area (Å²) in [4.78, 5) is 12.0. The number of aryl methyl sites for hydroxylation is 1. The van der Waals surface area contributed by atoms with Crippen LogP contribution in [0.3, 0.4) is 0 Å².